The van der Waals surface area contributed by atoms with Gasteiger partial charge < -0.3 is 15.4 Å². The maximum Gasteiger partial charge on any atom is 0.499 e. The highest BCUT2D eigenvalue weighted by Gasteiger charge is 2.61. The van der Waals surface area contributed by atoms with Crippen molar-refractivity contribution in [3.63, 3.8) is 0 Å². The normalized spacial score (nSPS) is 20.5. The summed E-state index contributed by atoms with van der Waals surface area (Å²) in [4.78, 5) is 0. The van der Waals surface area contributed by atoms with E-state index in [1.54, 1.807) is 0 Å². The molecule has 2 N–H and O–H groups in total. The zero-order valence-corrected chi connectivity index (χ0v) is 16.0. The van der Waals surface area contributed by atoms with Gasteiger partial charge in [0.05, 0.1) is 0 Å². The first-order valence-electron chi connectivity index (χ1n) is 9.11. The largest absolute Gasteiger partial charge is 0.499 e. The van der Waals surface area contributed by atoms with Crippen molar-refractivity contribution >= 4 is 11.6 Å². The number of ether oxygens (including phenoxy) is 1. The molecule has 1 aliphatic rings. The summed E-state index contributed by atoms with van der Waals surface area (Å²) in [6, 6.07) is 13.2. The van der Waals surface area contributed by atoms with Gasteiger partial charge in [-0.3, -0.25) is 0 Å². The highest BCUT2D eigenvalue weighted by molar-refractivity contribution is 6.30. The first-order valence-corrected chi connectivity index (χ1v) is 9.49. The van der Waals surface area contributed by atoms with Gasteiger partial charge in [-0.1, -0.05) is 41.9 Å². The molecule has 3 rings (SSSR count). The summed E-state index contributed by atoms with van der Waals surface area (Å²) >= 11 is 5.92. The van der Waals surface area contributed by atoms with Crippen LogP contribution in [0.25, 0.3) is 0 Å². The Morgan fingerprint density at radius 2 is 1.79 bits per heavy atom. The smallest absolute Gasteiger partial charge is 0.425 e. The van der Waals surface area contributed by atoms with Gasteiger partial charge in [0.1, 0.15) is 5.75 Å². The second kappa shape index (κ2) is 8.85. The highest BCUT2D eigenvalue weighted by atomic mass is 35.5. The summed E-state index contributed by atoms with van der Waals surface area (Å²) in [5.74, 6) is -0.566. The van der Waals surface area contributed by atoms with Crippen LogP contribution in [-0.2, 0) is 6.54 Å². The molecule has 0 aromatic heterocycles. The average molecular weight is 435 g/mol. The van der Waals surface area contributed by atoms with Crippen LogP contribution in [0.4, 0.5) is 22.0 Å². The fraction of sp³-hybridized carbons (Fsp3) is 0.400. The van der Waals surface area contributed by atoms with Gasteiger partial charge in [0.25, 0.3) is 0 Å². The van der Waals surface area contributed by atoms with Gasteiger partial charge in [-0.15, -0.1) is 0 Å². The topological polar surface area (TPSA) is 33.3 Å². The molecule has 0 amide bonds. The van der Waals surface area contributed by atoms with E-state index in [-0.39, 0.29) is 29.2 Å². The molecular formula is C20H20ClF5N2O. The zero-order valence-electron chi connectivity index (χ0n) is 15.3. The highest BCUT2D eigenvalue weighted by Crippen LogP contribution is 2.39. The molecular weight excluding hydrogens is 415 g/mol. The Bertz CT molecular complexity index is 816. The molecule has 1 saturated heterocycles. The van der Waals surface area contributed by atoms with Crippen molar-refractivity contribution in [1.82, 2.24) is 10.6 Å². The quantitative estimate of drug-likeness (QED) is 0.592. The maximum atomic E-state index is 13.4. The lowest BCUT2D eigenvalue weighted by Gasteiger charge is -2.34. The first-order chi connectivity index (χ1) is 13.7. The minimum Gasteiger partial charge on any atom is -0.425 e. The van der Waals surface area contributed by atoms with E-state index in [9.17, 15) is 22.0 Å². The van der Waals surface area contributed by atoms with Crippen LogP contribution in [0.1, 0.15) is 30.0 Å². The van der Waals surface area contributed by atoms with Crippen molar-refractivity contribution < 1.29 is 26.7 Å². The zero-order chi connectivity index (χ0) is 21.1. The Balaban J connectivity index is 1.76. The molecule has 2 aromatic rings. The lowest BCUT2D eigenvalue weighted by Crippen LogP contribution is -2.46. The fourth-order valence-corrected chi connectivity index (χ4v) is 3.54. The Labute approximate surface area is 170 Å². The molecule has 2 aromatic carbocycles. The van der Waals surface area contributed by atoms with E-state index in [1.807, 2.05) is 30.3 Å². The summed E-state index contributed by atoms with van der Waals surface area (Å²) in [5.41, 5.74) is 1.19. The van der Waals surface area contributed by atoms with E-state index in [0.717, 1.165) is 31.0 Å². The number of halogens is 6. The Kier molecular flexibility index (Phi) is 6.65. The Hall–Kier alpha value is -1.90. The molecule has 3 nitrogen and oxygen atoms in total. The van der Waals surface area contributed by atoms with E-state index in [1.165, 1.54) is 12.1 Å². The maximum absolute atomic E-state index is 13.4. The molecule has 1 aliphatic heterocycles. The average Bonchev–Trinajstić information content (AvgIpc) is 2.68. The summed E-state index contributed by atoms with van der Waals surface area (Å²) < 4.78 is 68.3. The van der Waals surface area contributed by atoms with Gasteiger partial charge >= 0.3 is 12.3 Å². The van der Waals surface area contributed by atoms with Crippen LogP contribution in [0.5, 0.6) is 5.75 Å². The predicted molar refractivity (Wildman–Crippen MR) is 100 cm³/mol. The number of hydrogen-bond donors (Lipinski definition) is 2. The van der Waals surface area contributed by atoms with E-state index in [4.69, 9.17) is 11.6 Å². The minimum absolute atomic E-state index is 0.00915. The number of rotatable bonds is 6. The van der Waals surface area contributed by atoms with Crippen LogP contribution in [0, 0.1) is 0 Å². The summed E-state index contributed by atoms with van der Waals surface area (Å²) in [6.45, 7) is 0.862. The summed E-state index contributed by atoms with van der Waals surface area (Å²) in [5, 5.41) is 6.88. The molecule has 0 bridgehead atoms. The van der Waals surface area contributed by atoms with Gasteiger partial charge in [-0.2, -0.15) is 22.0 Å². The number of nitrogens with one attached hydrogen (secondary N) is 2. The Morgan fingerprint density at radius 1 is 1.07 bits per heavy atom. The van der Waals surface area contributed by atoms with Crippen molar-refractivity contribution in [3.05, 3.63) is 64.7 Å². The summed E-state index contributed by atoms with van der Waals surface area (Å²) in [6.07, 6.45) is -9.38. The van der Waals surface area contributed by atoms with Crippen LogP contribution in [-0.4, -0.2) is 24.9 Å². The molecule has 0 saturated carbocycles. The molecule has 0 unspecified atom stereocenters. The molecule has 0 aliphatic carbocycles. The monoisotopic (exact) mass is 434 g/mol. The van der Waals surface area contributed by atoms with Gasteiger partial charge in [-0.25, -0.2) is 0 Å². The number of benzene rings is 2. The number of hydrogen-bond acceptors (Lipinski definition) is 3. The van der Waals surface area contributed by atoms with E-state index < -0.39 is 18.0 Å². The predicted octanol–water partition coefficient (Wildman–Crippen LogP) is 5.46. The van der Waals surface area contributed by atoms with E-state index in [2.05, 4.69) is 15.4 Å². The van der Waals surface area contributed by atoms with E-state index in [0.29, 0.717) is 0 Å². The number of piperidine rings is 1. The van der Waals surface area contributed by atoms with Gasteiger partial charge in [-0.05, 0) is 43.1 Å². The lowest BCUT2D eigenvalue weighted by atomic mass is 9.92. The second-order valence-electron chi connectivity index (χ2n) is 6.84. The third-order valence-corrected chi connectivity index (χ3v) is 5.00. The van der Waals surface area contributed by atoms with Gasteiger partial charge in [0.15, 0.2) is 0 Å². The molecule has 1 heterocycles. The first kappa shape index (κ1) is 21.8. The van der Waals surface area contributed by atoms with Crippen molar-refractivity contribution in [3.8, 4) is 5.75 Å². The fourth-order valence-electron chi connectivity index (χ4n) is 3.34. The summed E-state index contributed by atoms with van der Waals surface area (Å²) in [7, 11) is 0. The van der Waals surface area contributed by atoms with Crippen LogP contribution in [0.15, 0.2) is 48.5 Å². The Morgan fingerprint density at radius 3 is 2.48 bits per heavy atom. The van der Waals surface area contributed by atoms with Gasteiger partial charge in [0, 0.05) is 29.2 Å². The number of alkyl halides is 5. The van der Waals surface area contributed by atoms with Crippen molar-refractivity contribution in [2.45, 2.75) is 43.8 Å². The van der Waals surface area contributed by atoms with Crippen LogP contribution in [0.2, 0.25) is 5.02 Å². The van der Waals surface area contributed by atoms with E-state index >= 15 is 0 Å². The van der Waals surface area contributed by atoms with Gasteiger partial charge in [0.2, 0.25) is 0 Å². The molecule has 2 atom stereocenters. The molecule has 29 heavy (non-hydrogen) atoms. The van der Waals surface area contributed by atoms with Crippen LogP contribution >= 0.6 is 11.6 Å². The van der Waals surface area contributed by atoms with Crippen molar-refractivity contribution in [2.75, 3.05) is 6.54 Å². The molecule has 0 spiro atoms. The second-order valence-corrected chi connectivity index (χ2v) is 7.28. The van der Waals surface area contributed by atoms with Crippen LogP contribution in [0.3, 0.4) is 0 Å². The third-order valence-electron chi connectivity index (χ3n) is 4.76. The molecule has 1 fully saturated rings. The van der Waals surface area contributed by atoms with Crippen molar-refractivity contribution in [2.24, 2.45) is 0 Å². The third kappa shape index (κ3) is 5.38. The van der Waals surface area contributed by atoms with Crippen molar-refractivity contribution in [1.29, 1.82) is 0 Å². The molecule has 0 radical (unpaired) electrons. The SMILES string of the molecule is FC(F)(F)C(F)(F)Oc1ccc(Cl)cc1CN[C@H]1CCCN[C@H]1c1ccccc1. The lowest BCUT2D eigenvalue weighted by molar-refractivity contribution is -0.360. The molecule has 9 heteroatoms. The molecule has 158 valence electrons. The minimum atomic E-state index is -5.82. The standard InChI is InChI=1S/C20H20ClF5N2O/c21-15-8-9-17(29-20(25,26)19(22,23)24)14(11-15)12-28-16-7-4-10-27-18(16)13-5-2-1-3-6-13/h1-3,5-6,8-9,11,16,18,27-28H,4,7,10,12H2/t16-,18-/m0/s1. The van der Waals surface area contributed by atoms with Crippen LogP contribution < -0.4 is 15.4 Å².